The van der Waals surface area contributed by atoms with Gasteiger partial charge in [-0.2, -0.15) is 0 Å². The number of carbonyl (C=O) groups is 1. The zero-order valence-corrected chi connectivity index (χ0v) is 10.7. The number of anilines is 1. The zero-order valence-electron chi connectivity index (χ0n) is 10.7. The first-order valence-electron chi connectivity index (χ1n) is 6.01. The molecule has 0 aliphatic rings. The van der Waals surface area contributed by atoms with Crippen LogP contribution in [0.15, 0.2) is 36.9 Å². The molecule has 0 saturated heterocycles. The van der Waals surface area contributed by atoms with E-state index in [1.54, 1.807) is 0 Å². The van der Waals surface area contributed by atoms with Crippen molar-refractivity contribution in [2.75, 3.05) is 18.0 Å². The molecule has 0 aliphatic heterocycles. The van der Waals surface area contributed by atoms with Crippen molar-refractivity contribution in [3.63, 3.8) is 0 Å². The number of carboxylic acids is 1. The van der Waals surface area contributed by atoms with Gasteiger partial charge in [0.15, 0.2) is 0 Å². The molecule has 0 saturated carbocycles. The number of carboxylic acid groups (broad SMARTS) is 1. The number of nitrogens with two attached hydrogens (primary N) is 1. The molecule has 1 atom stereocenters. The van der Waals surface area contributed by atoms with Gasteiger partial charge in [-0.05, 0) is 31.0 Å². The fourth-order valence-corrected chi connectivity index (χ4v) is 1.76. The molecule has 18 heavy (non-hydrogen) atoms. The minimum Gasteiger partial charge on any atom is -0.480 e. The first kappa shape index (κ1) is 14.3. The second kappa shape index (κ2) is 6.81. The van der Waals surface area contributed by atoms with Crippen LogP contribution >= 0.6 is 0 Å². The second-order valence-electron chi connectivity index (χ2n) is 4.14. The maximum absolute atomic E-state index is 10.7. The quantitative estimate of drug-likeness (QED) is 0.720. The highest BCUT2D eigenvalue weighted by Crippen LogP contribution is 2.15. The molecule has 3 N–H and O–H groups in total. The highest BCUT2D eigenvalue weighted by atomic mass is 16.4. The molecular formula is C14H20N2O2. The Labute approximate surface area is 108 Å². The maximum Gasteiger partial charge on any atom is 0.320 e. The van der Waals surface area contributed by atoms with E-state index in [1.165, 1.54) is 0 Å². The van der Waals surface area contributed by atoms with Gasteiger partial charge >= 0.3 is 5.97 Å². The van der Waals surface area contributed by atoms with E-state index in [4.69, 9.17) is 10.8 Å². The van der Waals surface area contributed by atoms with Crippen LogP contribution in [0, 0.1) is 0 Å². The van der Waals surface area contributed by atoms with E-state index in [0.29, 0.717) is 6.42 Å². The topological polar surface area (TPSA) is 66.6 Å². The summed E-state index contributed by atoms with van der Waals surface area (Å²) in [5.41, 5.74) is 7.53. The number of benzene rings is 1. The third-order valence-electron chi connectivity index (χ3n) is 2.81. The van der Waals surface area contributed by atoms with Crippen LogP contribution in [0.2, 0.25) is 0 Å². The van der Waals surface area contributed by atoms with E-state index in [9.17, 15) is 4.79 Å². The molecule has 1 unspecified atom stereocenters. The molecule has 0 aliphatic carbocycles. The fourth-order valence-electron chi connectivity index (χ4n) is 1.76. The smallest absolute Gasteiger partial charge is 0.320 e. The number of rotatable bonds is 7. The van der Waals surface area contributed by atoms with Crippen molar-refractivity contribution >= 4 is 11.7 Å². The van der Waals surface area contributed by atoms with E-state index in [1.807, 2.05) is 30.3 Å². The molecule has 0 spiro atoms. The Balaban J connectivity index is 2.72. The Morgan fingerprint density at radius 3 is 2.56 bits per heavy atom. The van der Waals surface area contributed by atoms with Crippen molar-refractivity contribution < 1.29 is 9.90 Å². The summed E-state index contributed by atoms with van der Waals surface area (Å²) in [5, 5.41) is 8.75. The van der Waals surface area contributed by atoms with Crippen LogP contribution in [-0.4, -0.2) is 30.2 Å². The van der Waals surface area contributed by atoms with Crippen LogP contribution in [-0.2, 0) is 11.2 Å². The zero-order chi connectivity index (χ0) is 13.5. The van der Waals surface area contributed by atoms with E-state index in [0.717, 1.165) is 24.3 Å². The largest absolute Gasteiger partial charge is 0.480 e. The van der Waals surface area contributed by atoms with E-state index >= 15 is 0 Å². The van der Waals surface area contributed by atoms with Crippen LogP contribution in [0.5, 0.6) is 0 Å². The maximum atomic E-state index is 10.7. The summed E-state index contributed by atoms with van der Waals surface area (Å²) in [6.07, 6.45) is 2.21. The first-order valence-corrected chi connectivity index (χ1v) is 6.01. The van der Waals surface area contributed by atoms with Crippen molar-refractivity contribution in [2.24, 2.45) is 5.73 Å². The fraction of sp³-hybridized carbons (Fsp3) is 0.357. The molecule has 0 radical (unpaired) electrons. The average molecular weight is 248 g/mol. The predicted molar refractivity (Wildman–Crippen MR) is 73.8 cm³/mol. The van der Waals surface area contributed by atoms with Gasteiger partial charge in [0.2, 0.25) is 0 Å². The van der Waals surface area contributed by atoms with E-state index in [2.05, 4.69) is 18.4 Å². The van der Waals surface area contributed by atoms with Gasteiger partial charge < -0.3 is 15.7 Å². The summed E-state index contributed by atoms with van der Waals surface area (Å²) < 4.78 is 0. The molecule has 0 heterocycles. The van der Waals surface area contributed by atoms with Gasteiger partial charge in [0.05, 0.1) is 0 Å². The third-order valence-corrected chi connectivity index (χ3v) is 2.81. The standard InChI is InChI=1S/C14H20N2O2/c1-3-9-16(4-2)12-7-5-11(6-8-12)10-13(15)14(17)18/h3,5-8,13H,1,4,9-10,15H2,2H3,(H,17,18). The Morgan fingerprint density at radius 1 is 1.50 bits per heavy atom. The second-order valence-corrected chi connectivity index (χ2v) is 4.14. The third kappa shape index (κ3) is 3.89. The van der Waals surface area contributed by atoms with Crippen molar-refractivity contribution in [2.45, 2.75) is 19.4 Å². The van der Waals surface area contributed by atoms with Crippen molar-refractivity contribution in [3.05, 3.63) is 42.5 Å². The van der Waals surface area contributed by atoms with Gasteiger partial charge in [-0.3, -0.25) is 4.79 Å². The highest BCUT2D eigenvalue weighted by molar-refractivity contribution is 5.73. The Kier molecular flexibility index (Phi) is 5.39. The normalized spacial score (nSPS) is 11.9. The molecule has 4 heteroatoms. The SMILES string of the molecule is C=CCN(CC)c1ccc(CC(N)C(=O)O)cc1. The van der Waals surface area contributed by atoms with Gasteiger partial charge in [-0.25, -0.2) is 0 Å². The lowest BCUT2D eigenvalue weighted by molar-refractivity contribution is -0.138. The number of aliphatic carboxylic acids is 1. The summed E-state index contributed by atoms with van der Waals surface area (Å²) in [6.45, 7) is 7.51. The molecule has 1 aromatic rings. The van der Waals surface area contributed by atoms with Gasteiger partial charge in [-0.1, -0.05) is 18.2 Å². The van der Waals surface area contributed by atoms with Crippen LogP contribution in [0.1, 0.15) is 12.5 Å². The van der Waals surface area contributed by atoms with Crippen LogP contribution < -0.4 is 10.6 Å². The lowest BCUT2D eigenvalue weighted by Crippen LogP contribution is -2.32. The van der Waals surface area contributed by atoms with Crippen LogP contribution in [0.3, 0.4) is 0 Å². The molecule has 1 aromatic carbocycles. The summed E-state index contributed by atoms with van der Waals surface area (Å²) in [5.74, 6) is -0.971. The van der Waals surface area contributed by atoms with Gasteiger partial charge in [-0.15, -0.1) is 6.58 Å². The van der Waals surface area contributed by atoms with Gasteiger partial charge in [0, 0.05) is 18.8 Å². The molecule has 0 amide bonds. The number of likely N-dealkylation sites (N-methyl/N-ethyl adjacent to an activating group) is 1. The number of nitrogens with zero attached hydrogens (tertiary/aromatic N) is 1. The molecule has 98 valence electrons. The van der Waals surface area contributed by atoms with Crippen molar-refractivity contribution in [1.82, 2.24) is 0 Å². The molecular weight excluding hydrogens is 228 g/mol. The summed E-state index contributed by atoms with van der Waals surface area (Å²) >= 11 is 0. The predicted octanol–water partition coefficient (Wildman–Crippen LogP) is 1.65. The van der Waals surface area contributed by atoms with Crippen molar-refractivity contribution in [1.29, 1.82) is 0 Å². The minimum absolute atomic E-state index is 0.350. The summed E-state index contributed by atoms with van der Waals surface area (Å²) in [4.78, 5) is 12.8. The number of hydrogen-bond donors (Lipinski definition) is 2. The molecule has 0 fully saturated rings. The van der Waals surface area contributed by atoms with Crippen LogP contribution in [0.4, 0.5) is 5.69 Å². The molecule has 0 aromatic heterocycles. The van der Waals surface area contributed by atoms with Crippen molar-refractivity contribution in [3.8, 4) is 0 Å². The van der Waals surface area contributed by atoms with Crippen LogP contribution in [0.25, 0.3) is 0 Å². The van der Waals surface area contributed by atoms with E-state index < -0.39 is 12.0 Å². The van der Waals surface area contributed by atoms with E-state index in [-0.39, 0.29) is 0 Å². The van der Waals surface area contributed by atoms with Gasteiger partial charge in [0.1, 0.15) is 6.04 Å². The lowest BCUT2D eigenvalue weighted by Gasteiger charge is -2.21. The summed E-state index contributed by atoms with van der Waals surface area (Å²) in [6, 6.07) is 6.97. The lowest BCUT2D eigenvalue weighted by atomic mass is 10.1. The average Bonchev–Trinajstić information content (AvgIpc) is 2.37. The summed E-state index contributed by atoms with van der Waals surface area (Å²) in [7, 11) is 0. The molecule has 1 rings (SSSR count). The minimum atomic E-state index is -0.971. The highest BCUT2D eigenvalue weighted by Gasteiger charge is 2.12. The first-order chi connectivity index (χ1) is 8.58. The Hall–Kier alpha value is -1.81. The Morgan fingerprint density at radius 2 is 2.11 bits per heavy atom. The Bertz CT molecular complexity index is 401. The molecule has 0 bridgehead atoms. The van der Waals surface area contributed by atoms with Gasteiger partial charge in [0.25, 0.3) is 0 Å². The molecule has 4 nitrogen and oxygen atoms in total. The monoisotopic (exact) mass is 248 g/mol. The number of hydrogen-bond acceptors (Lipinski definition) is 3.